The summed E-state index contributed by atoms with van der Waals surface area (Å²) in [5.74, 6) is 1.30. The fraction of sp³-hybridized carbons (Fsp3) is 0.133. The van der Waals surface area contributed by atoms with Crippen LogP contribution < -0.4 is 9.47 Å². The fourth-order valence-corrected chi connectivity index (χ4v) is 5.22. The standard InChI is InChI=1S/C30H28N4O8S2/c1-3-41-27-15-11-23(12-16-27)31-33-25-9-7-21(29(19-25)43(35,36)37)5-6-22-8-10-26(20-30(22)44(38,39)40)34-32-24-13-17-28(18-14-24)42-4-2/h5-20H,3-4H2,1-2H3,(H,35,36,37)(H,38,39,40)/p-2/b6-5+,33-31?,34-32?. The first-order valence-electron chi connectivity index (χ1n) is 13.1. The normalized spacial score (nSPS) is 12.4. The quantitative estimate of drug-likeness (QED) is 0.0883. The van der Waals surface area contributed by atoms with Gasteiger partial charge in [0, 0.05) is 0 Å². The molecule has 0 amide bonds. The number of ether oxygens (including phenoxy) is 2. The minimum atomic E-state index is -4.98. The highest BCUT2D eigenvalue weighted by molar-refractivity contribution is 7.86. The molecule has 4 aromatic rings. The van der Waals surface area contributed by atoms with Gasteiger partial charge in [-0.25, -0.2) is 16.8 Å². The van der Waals surface area contributed by atoms with E-state index in [0.29, 0.717) is 36.1 Å². The van der Waals surface area contributed by atoms with E-state index in [2.05, 4.69) is 20.5 Å². The zero-order valence-electron chi connectivity index (χ0n) is 23.5. The van der Waals surface area contributed by atoms with Crippen LogP contribution in [-0.4, -0.2) is 39.2 Å². The van der Waals surface area contributed by atoms with Crippen LogP contribution in [0.4, 0.5) is 22.7 Å². The maximum atomic E-state index is 12.1. The molecule has 0 spiro atoms. The van der Waals surface area contributed by atoms with Crippen LogP contribution in [0.5, 0.6) is 11.5 Å². The van der Waals surface area contributed by atoms with E-state index in [1.807, 2.05) is 13.8 Å². The Morgan fingerprint density at radius 1 is 0.545 bits per heavy atom. The molecule has 0 radical (unpaired) electrons. The summed E-state index contributed by atoms with van der Waals surface area (Å²) in [5, 5.41) is 16.1. The molecule has 0 aliphatic heterocycles. The molecule has 0 aliphatic rings. The molecule has 14 heteroatoms. The van der Waals surface area contributed by atoms with Gasteiger partial charge in [-0.1, -0.05) is 24.3 Å². The van der Waals surface area contributed by atoms with Crippen molar-refractivity contribution in [3.63, 3.8) is 0 Å². The zero-order chi connectivity index (χ0) is 31.7. The highest BCUT2D eigenvalue weighted by Gasteiger charge is 2.12. The van der Waals surface area contributed by atoms with Gasteiger partial charge in [-0.15, -0.1) is 0 Å². The maximum Gasteiger partial charge on any atom is 0.125 e. The van der Waals surface area contributed by atoms with Crippen LogP contribution in [0.2, 0.25) is 0 Å². The topological polar surface area (TPSA) is 182 Å². The minimum absolute atomic E-state index is 0.0477. The van der Waals surface area contributed by atoms with E-state index in [1.54, 1.807) is 48.5 Å². The molecule has 228 valence electrons. The molecule has 0 N–H and O–H groups in total. The van der Waals surface area contributed by atoms with Crippen molar-refractivity contribution in [3.05, 3.63) is 96.1 Å². The van der Waals surface area contributed by atoms with Crippen LogP contribution in [0.1, 0.15) is 25.0 Å². The molecule has 0 unspecified atom stereocenters. The summed E-state index contributed by atoms with van der Waals surface area (Å²) < 4.78 is 83.0. The van der Waals surface area contributed by atoms with Crippen molar-refractivity contribution in [2.24, 2.45) is 20.5 Å². The molecular weight excluding hydrogens is 608 g/mol. The van der Waals surface area contributed by atoms with E-state index < -0.39 is 30.0 Å². The van der Waals surface area contributed by atoms with Crippen molar-refractivity contribution in [1.82, 2.24) is 0 Å². The summed E-state index contributed by atoms with van der Waals surface area (Å²) in [6, 6.07) is 21.0. The third kappa shape index (κ3) is 8.87. The number of hydrogen-bond acceptors (Lipinski definition) is 12. The number of azo groups is 2. The molecule has 0 aliphatic carbocycles. The van der Waals surface area contributed by atoms with E-state index >= 15 is 0 Å². The van der Waals surface area contributed by atoms with Gasteiger partial charge in [-0.2, -0.15) is 20.5 Å². The Morgan fingerprint density at radius 2 is 0.864 bits per heavy atom. The van der Waals surface area contributed by atoms with Gasteiger partial charge in [0.1, 0.15) is 31.7 Å². The lowest BCUT2D eigenvalue weighted by atomic mass is 10.1. The van der Waals surface area contributed by atoms with E-state index in [-0.39, 0.29) is 22.5 Å². The Labute approximate surface area is 254 Å². The summed E-state index contributed by atoms with van der Waals surface area (Å²) in [6.07, 6.45) is 2.42. The second-order valence-corrected chi connectivity index (χ2v) is 11.6. The zero-order valence-corrected chi connectivity index (χ0v) is 25.2. The van der Waals surface area contributed by atoms with Gasteiger partial charge in [-0.3, -0.25) is 0 Å². The van der Waals surface area contributed by atoms with Crippen LogP contribution in [-0.2, 0) is 20.2 Å². The summed E-state index contributed by atoms with van der Waals surface area (Å²) in [4.78, 5) is -1.21. The van der Waals surface area contributed by atoms with Crippen LogP contribution >= 0.6 is 0 Å². The van der Waals surface area contributed by atoms with Gasteiger partial charge in [0.2, 0.25) is 0 Å². The van der Waals surface area contributed by atoms with Gasteiger partial charge in [-0.05, 0) is 97.8 Å². The van der Waals surface area contributed by atoms with Crippen molar-refractivity contribution >= 4 is 55.1 Å². The highest BCUT2D eigenvalue weighted by atomic mass is 32.2. The predicted molar refractivity (Wildman–Crippen MR) is 161 cm³/mol. The fourth-order valence-electron chi connectivity index (χ4n) is 3.84. The van der Waals surface area contributed by atoms with Crippen molar-refractivity contribution in [1.29, 1.82) is 0 Å². The molecule has 44 heavy (non-hydrogen) atoms. The molecule has 0 heterocycles. The molecule has 4 aromatic carbocycles. The summed E-state index contributed by atoms with van der Waals surface area (Å²) in [6.45, 7) is 4.72. The molecular formula is C30H26N4O8S2-2. The largest absolute Gasteiger partial charge is 0.744 e. The maximum absolute atomic E-state index is 12.1. The van der Waals surface area contributed by atoms with Crippen molar-refractivity contribution in [2.45, 2.75) is 23.6 Å². The number of rotatable bonds is 12. The van der Waals surface area contributed by atoms with E-state index in [0.717, 1.165) is 12.1 Å². The van der Waals surface area contributed by atoms with Crippen LogP contribution in [0, 0.1) is 0 Å². The van der Waals surface area contributed by atoms with Gasteiger partial charge < -0.3 is 18.6 Å². The number of hydrogen-bond donors (Lipinski definition) is 0. The monoisotopic (exact) mass is 634 g/mol. The SMILES string of the molecule is CCOc1ccc(N=Nc2ccc(/C=C/c3ccc(N=Nc4ccc(OCC)cc4)cc3S(=O)(=O)[O-])c(S(=O)(=O)[O-])c2)cc1. The van der Waals surface area contributed by atoms with Crippen molar-refractivity contribution in [2.75, 3.05) is 13.2 Å². The first kappa shape index (κ1) is 32.2. The van der Waals surface area contributed by atoms with Crippen molar-refractivity contribution in [3.8, 4) is 11.5 Å². The lowest BCUT2D eigenvalue weighted by Gasteiger charge is -2.13. The van der Waals surface area contributed by atoms with Gasteiger partial charge >= 0.3 is 0 Å². The second-order valence-electron chi connectivity index (χ2n) is 8.94. The molecule has 0 atom stereocenters. The predicted octanol–water partition coefficient (Wildman–Crippen LogP) is 7.29. The molecule has 0 aromatic heterocycles. The Hall–Kier alpha value is -4.76. The average Bonchev–Trinajstić information content (AvgIpc) is 2.99. The summed E-state index contributed by atoms with van der Waals surface area (Å²) in [5.41, 5.74) is 1.03. The molecule has 0 saturated heterocycles. The van der Waals surface area contributed by atoms with E-state index in [9.17, 15) is 25.9 Å². The molecule has 0 saturated carbocycles. The van der Waals surface area contributed by atoms with Gasteiger partial charge in [0.25, 0.3) is 0 Å². The Morgan fingerprint density at radius 3 is 1.18 bits per heavy atom. The lowest BCUT2D eigenvalue weighted by molar-refractivity contribution is 0.340. The first-order chi connectivity index (χ1) is 21.0. The van der Waals surface area contributed by atoms with Gasteiger partial charge in [0.05, 0.1) is 45.8 Å². The van der Waals surface area contributed by atoms with Crippen LogP contribution in [0.15, 0.2) is 115 Å². The first-order valence-corrected chi connectivity index (χ1v) is 15.9. The lowest BCUT2D eigenvalue weighted by Crippen LogP contribution is -2.02. The molecule has 0 fully saturated rings. The Bertz CT molecular complexity index is 1780. The Balaban J connectivity index is 1.60. The number of benzene rings is 4. The van der Waals surface area contributed by atoms with Gasteiger partial charge in [0.15, 0.2) is 0 Å². The van der Waals surface area contributed by atoms with Crippen LogP contribution in [0.3, 0.4) is 0 Å². The smallest absolute Gasteiger partial charge is 0.125 e. The summed E-state index contributed by atoms with van der Waals surface area (Å²) in [7, 11) is -9.95. The molecule has 12 nitrogen and oxygen atoms in total. The Kier molecular flexibility index (Phi) is 10.3. The third-order valence-electron chi connectivity index (χ3n) is 5.83. The second kappa shape index (κ2) is 14.1. The highest BCUT2D eigenvalue weighted by Crippen LogP contribution is 2.29. The molecule has 0 bridgehead atoms. The minimum Gasteiger partial charge on any atom is -0.744 e. The van der Waals surface area contributed by atoms with Crippen LogP contribution in [0.25, 0.3) is 12.2 Å². The van der Waals surface area contributed by atoms with Crippen molar-refractivity contribution < 1.29 is 35.4 Å². The third-order valence-corrected chi connectivity index (χ3v) is 7.62. The van der Waals surface area contributed by atoms with E-state index in [4.69, 9.17) is 9.47 Å². The molecule has 4 rings (SSSR count). The summed E-state index contributed by atoms with van der Waals surface area (Å²) >= 11 is 0. The number of nitrogens with zero attached hydrogens (tertiary/aromatic N) is 4. The van der Waals surface area contributed by atoms with E-state index in [1.165, 1.54) is 36.4 Å². The average molecular weight is 635 g/mol.